The van der Waals surface area contributed by atoms with Gasteiger partial charge in [-0.3, -0.25) is 9.69 Å². The molecule has 0 amide bonds. The van der Waals surface area contributed by atoms with Crippen LogP contribution in [0.25, 0.3) is 22.0 Å². The lowest BCUT2D eigenvalue weighted by Crippen LogP contribution is -2.44. The Bertz CT molecular complexity index is 1090. The summed E-state index contributed by atoms with van der Waals surface area (Å²) in [6.07, 6.45) is 7.39. The number of benzene rings is 2. The summed E-state index contributed by atoms with van der Waals surface area (Å²) < 4.78 is 1.99. The monoisotopic (exact) mass is 431 g/mol. The van der Waals surface area contributed by atoms with Gasteiger partial charge in [0.15, 0.2) is 0 Å². The Kier molecular flexibility index (Phi) is 7.31. The van der Waals surface area contributed by atoms with Crippen molar-refractivity contribution in [2.75, 3.05) is 18.9 Å². The summed E-state index contributed by atoms with van der Waals surface area (Å²) in [5, 5.41) is 4.30. The van der Waals surface area contributed by atoms with Crippen LogP contribution >= 0.6 is 0 Å². The van der Waals surface area contributed by atoms with Crippen LogP contribution in [0.15, 0.2) is 59.4 Å². The molecule has 4 heteroatoms. The zero-order valence-corrected chi connectivity index (χ0v) is 19.8. The molecule has 1 N–H and O–H groups in total. The molecular formula is C28H37N3O. The number of pyridine rings is 1. The van der Waals surface area contributed by atoms with Crippen molar-refractivity contribution in [2.24, 2.45) is 0 Å². The average molecular weight is 432 g/mol. The minimum Gasteiger partial charge on any atom is -0.388 e. The standard InChI is InChI=1S/C28H37N3O/c1-21-11-9-12-22(2)30(21)17-7-4-8-18-31-27-16-6-5-13-24(27)20-26(28(31)32)23-14-10-15-25(19-23)29-3/h5-6,10,13-16,19-22,29H,4,7-9,11-12,17-18H2,1-3H3/t21-,22+. The van der Waals surface area contributed by atoms with Gasteiger partial charge in [-0.05, 0) is 81.3 Å². The van der Waals surface area contributed by atoms with Crippen LogP contribution in [-0.4, -0.2) is 35.1 Å². The van der Waals surface area contributed by atoms with E-state index in [1.807, 2.05) is 48.0 Å². The van der Waals surface area contributed by atoms with E-state index in [0.717, 1.165) is 47.1 Å². The Morgan fingerprint density at radius 2 is 1.66 bits per heavy atom. The van der Waals surface area contributed by atoms with E-state index < -0.39 is 0 Å². The number of anilines is 1. The van der Waals surface area contributed by atoms with Crippen molar-refractivity contribution in [1.82, 2.24) is 9.47 Å². The highest BCUT2D eigenvalue weighted by atomic mass is 16.1. The normalized spacial score (nSPS) is 19.3. The Balaban J connectivity index is 1.50. The Hall–Kier alpha value is -2.59. The minimum atomic E-state index is 0.107. The number of piperidine rings is 1. The highest BCUT2D eigenvalue weighted by Crippen LogP contribution is 2.25. The highest BCUT2D eigenvalue weighted by molar-refractivity contribution is 5.84. The first-order chi connectivity index (χ1) is 15.6. The molecule has 1 aliphatic rings. The molecule has 32 heavy (non-hydrogen) atoms. The summed E-state index contributed by atoms with van der Waals surface area (Å²) in [5.74, 6) is 0. The van der Waals surface area contributed by atoms with Gasteiger partial charge in [0.2, 0.25) is 0 Å². The Morgan fingerprint density at radius 3 is 2.44 bits per heavy atom. The quantitative estimate of drug-likeness (QED) is 0.435. The molecule has 0 saturated carbocycles. The fourth-order valence-corrected chi connectivity index (χ4v) is 5.26. The van der Waals surface area contributed by atoms with Crippen molar-refractivity contribution in [3.05, 3.63) is 65.0 Å². The molecule has 2 heterocycles. The first kappa shape index (κ1) is 22.6. The van der Waals surface area contributed by atoms with E-state index in [0.29, 0.717) is 12.1 Å². The zero-order valence-electron chi connectivity index (χ0n) is 19.8. The number of fused-ring (bicyclic) bond motifs is 1. The fraction of sp³-hybridized carbons (Fsp3) is 0.464. The summed E-state index contributed by atoms with van der Waals surface area (Å²) in [6.45, 7) is 6.69. The maximum absolute atomic E-state index is 13.5. The molecule has 0 radical (unpaired) electrons. The van der Waals surface area contributed by atoms with Crippen LogP contribution in [-0.2, 0) is 6.54 Å². The van der Waals surface area contributed by atoms with Crippen LogP contribution in [0.4, 0.5) is 5.69 Å². The summed E-state index contributed by atoms with van der Waals surface area (Å²) in [4.78, 5) is 16.2. The van der Waals surface area contributed by atoms with Crippen LogP contribution in [0.2, 0.25) is 0 Å². The molecule has 0 unspecified atom stereocenters. The predicted octanol–water partition coefficient (Wildman–Crippen LogP) is 6.14. The van der Waals surface area contributed by atoms with Crippen molar-refractivity contribution in [1.29, 1.82) is 0 Å². The summed E-state index contributed by atoms with van der Waals surface area (Å²) >= 11 is 0. The SMILES string of the molecule is CNc1cccc(-c2cc3ccccc3n(CCCCCN3[C@H](C)CCC[C@@H]3C)c2=O)c1. The van der Waals surface area contributed by atoms with Crippen molar-refractivity contribution >= 4 is 16.6 Å². The van der Waals surface area contributed by atoms with Crippen LogP contribution in [0.1, 0.15) is 52.4 Å². The number of rotatable bonds is 8. The number of para-hydroxylation sites is 1. The third-order valence-corrected chi connectivity index (χ3v) is 7.14. The highest BCUT2D eigenvalue weighted by Gasteiger charge is 2.23. The molecule has 1 aliphatic heterocycles. The van der Waals surface area contributed by atoms with Crippen molar-refractivity contribution in [2.45, 2.75) is 71.0 Å². The number of likely N-dealkylation sites (tertiary alicyclic amines) is 1. The molecule has 4 rings (SSSR count). The Morgan fingerprint density at radius 1 is 0.906 bits per heavy atom. The predicted molar refractivity (Wildman–Crippen MR) is 137 cm³/mol. The number of nitrogens with one attached hydrogen (secondary N) is 1. The van der Waals surface area contributed by atoms with E-state index in [4.69, 9.17) is 0 Å². The van der Waals surface area contributed by atoms with E-state index in [1.54, 1.807) is 0 Å². The molecule has 2 aromatic carbocycles. The van der Waals surface area contributed by atoms with Gasteiger partial charge in [0, 0.05) is 36.9 Å². The smallest absolute Gasteiger partial charge is 0.258 e. The number of aromatic nitrogens is 1. The first-order valence-electron chi connectivity index (χ1n) is 12.2. The van der Waals surface area contributed by atoms with Crippen molar-refractivity contribution in [3.63, 3.8) is 0 Å². The Labute approximate surface area is 192 Å². The van der Waals surface area contributed by atoms with E-state index in [-0.39, 0.29) is 5.56 Å². The van der Waals surface area contributed by atoms with Crippen LogP contribution in [0.3, 0.4) is 0 Å². The molecule has 0 spiro atoms. The number of nitrogens with zero attached hydrogens (tertiary/aromatic N) is 2. The van der Waals surface area contributed by atoms with Crippen LogP contribution < -0.4 is 10.9 Å². The molecule has 0 bridgehead atoms. The molecule has 1 saturated heterocycles. The number of hydrogen-bond acceptors (Lipinski definition) is 3. The van der Waals surface area contributed by atoms with Gasteiger partial charge in [-0.1, -0.05) is 43.2 Å². The molecule has 1 aromatic heterocycles. The fourth-order valence-electron chi connectivity index (χ4n) is 5.26. The summed E-state index contributed by atoms with van der Waals surface area (Å²) in [7, 11) is 1.91. The van der Waals surface area contributed by atoms with E-state index in [2.05, 4.69) is 42.3 Å². The van der Waals surface area contributed by atoms with E-state index >= 15 is 0 Å². The molecule has 4 nitrogen and oxygen atoms in total. The lowest BCUT2D eigenvalue weighted by atomic mass is 9.97. The third-order valence-electron chi connectivity index (χ3n) is 7.14. The second kappa shape index (κ2) is 10.4. The molecule has 1 fully saturated rings. The lowest BCUT2D eigenvalue weighted by Gasteiger charge is -2.39. The third kappa shape index (κ3) is 4.91. The first-order valence-corrected chi connectivity index (χ1v) is 12.2. The molecule has 0 aliphatic carbocycles. The van der Waals surface area contributed by atoms with Crippen molar-refractivity contribution < 1.29 is 0 Å². The van der Waals surface area contributed by atoms with Gasteiger partial charge in [-0.25, -0.2) is 0 Å². The van der Waals surface area contributed by atoms with Crippen molar-refractivity contribution in [3.8, 4) is 11.1 Å². The maximum Gasteiger partial charge on any atom is 0.258 e. The topological polar surface area (TPSA) is 37.3 Å². The maximum atomic E-state index is 13.5. The summed E-state index contributed by atoms with van der Waals surface area (Å²) in [5.41, 5.74) is 3.90. The largest absolute Gasteiger partial charge is 0.388 e. The zero-order chi connectivity index (χ0) is 22.5. The molecule has 2 atom stereocenters. The number of hydrogen-bond donors (Lipinski definition) is 1. The van der Waals surface area contributed by atoms with E-state index in [1.165, 1.54) is 32.2 Å². The van der Waals surface area contributed by atoms with Gasteiger partial charge in [0.1, 0.15) is 0 Å². The summed E-state index contributed by atoms with van der Waals surface area (Å²) in [6, 6.07) is 19.8. The van der Waals surface area contributed by atoms with Gasteiger partial charge in [0.25, 0.3) is 5.56 Å². The molecule has 3 aromatic rings. The molecular weight excluding hydrogens is 394 g/mol. The minimum absolute atomic E-state index is 0.107. The van der Waals surface area contributed by atoms with Gasteiger partial charge in [-0.2, -0.15) is 0 Å². The average Bonchev–Trinajstić information content (AvgIpc) is 2.81. The van der Waals surface area contributed by atoms with Crippen LogP contribution in [0, 0.1) is 0 Å². The van der Waals surface area contributed by atoms with Gasteiger partial charge in [-0.15, -0.1) is 0 Å². The second-order valence-corrected chi connectivity index (χ2v) is 9.33. The van der Waals surface area contributed by atoms with E-state index in [9.17, 15) is 4.79 Å². The van der Waals surface area contributed by atoms with Gasteiger partial charge >= 0.3 is 0 Å². The van der Waals surface area contributed by atoms with Crippen LogP contribution in [0.5, 0.6) is 0 Å². The number of unbranched alkanes of at least 4 members (excludes halogenated alkanes) is 2. The molecule has 170 valence electrons. The lowest BCUT2D eigenvalue weighted by molar-refractivity contribution is 0.101. The van der Waals surface area contributed by atoms with Gasteiger partial charge in [0.05, 0.1) is 5.52 Å². The second-order valence-electron chi connectivity index (χ2n) is 9.33. The van der Waals surface area contributed by atoms with Gasteiger partial charge < -0.3 is 9.88 Å². The number of aryl methyl sites for hydroxylation is 1.